The van der Waals surface area contributed by atoms with E-state index in [0.717, 1.165) is 31.1 Å². The van der Waals surface area contributed by atoms with Gasteiger partial charge in [-0.05, 0) is 25.0 Å². The summed E-state index contributed by atoms with van der Waals surface area (Å²) in [5.41, 5.74) is 7.67. The lowest BCUT2D eigenvalue weighted by atomic mass is 10.1. The molecular weight excluding hydrogens is 338 g/mol. The van der Waals surface area contributed by atoms with Crippen LogP contribution in [0.1, 0.15) is 19.4 Å². The van der Waals surface area contributed by atoms with Crippen LogP contribution in [0, 0.1) is 0 Å². The average molecular weight is 361 g/mol. The number of morpholine rings is 1. The number of benzene rings is 1. The number of nitrogens with two attached hydrogens (primary N) is 1. The molecule has 1 aliphatic heterocycles. The first-order valence-corrected chi connectivity index (χ1v) is 9.32. The normalized spacial score (nSPS) is 16.0. The monoisotopic (exact) mass is 361 g/mol. The van der Waals surface area contributed by atoms with Crippen LogP contribution >= 0.6 is 11.8 Å². The van der Waals surface area contributed by atoms with E-state index in [1.165, 1.54) is 17.3 Å². The number of carbonyl (C=O) groups excluding carboxylic acids is 1. The first-order chi connectivity index (χ1) is 12.1. The van der Waals surface area contributed by atoms with Crippen molar-refractivity contribution >= 4 is 23.6 Å². The van der Waals surface area contributed by atoms with Crippen LogP contribution in [-0.2, 0) is 16.0 Å². The van der Waals surface area contributed by atoms with E-state index in [2.05, 4.69) is 34.2 Å². The fourth-order valence-corrected chi connectivity index (χ4v) is 3.57. The third-order valence-corrected chi connectivity index (χ3v) is 5.27. The molecule has 3 rings (SSSR count). The first kappa shape index (κ1) is 17.8. The van der Waals surface area contributed by atoms with Crippen molar-refractivity contribution in [2.24, 2.45) is 5.73 Å². The zero-order valence-electron chi connectivity index (χ0n) is 14.5. The van der Waals surface area contributed by atoms with Gasteiger partial charge < -0.3 is 15.4 Å². The SMILES string of the molecule is CCc1ccccc1-n1c(SC(C)C(N)=O)nnc1N1CCOCC1. The Balaban J connectivity index is 2.07. The van der Waals surface area contributed by atoms with Crippen LogP contribution in [0.2, 0.25) is 0 Å². The molecule has 0 radical (unpaired) electrons. The fourth-order valence-electron chi connectivity index (χ4n) is 2.76. The molecule has 2 aromatic rings. The van der Waals surface area contributed by atoms with E-state index in [0.29, 0.717) is 18.4 Å². The maximum atomic E-state index is 11.5. The fraction of sp³-hybridized carbons (Fsp3) is 0.471. The van der Waals surface area contributed by atoms with Gasteiger partial charge in [-0.25, -0.2) is 0 Å². The molecule has 1 aliphatic rings. The summed E-state index contributed by atoms with van der Waals surface area (Å²) >= 11 is 1.33. The molecular formula is C17H23N5O2S. The molecule has 2 heterocycles. The Hall–Kier alpha value is -2.06. The summed E-state index contributed by atoms with van der Waals surface area (Å²) in [7, 11) is 0. The number of para-hydroxylation sites is 1. The molecule has 0 saturated carbocycles. The second-order valence-corrected chi connectivity index (χ2v) is 7.17. The van der Waals surface area contributed by atoms with Crippen LogP contribution in [0.25, 0.3) is 5.69 Å². The van der Waals surface area contributed by atoms with Crippen molar-refractivity contribution in [3.05, 3.63) is 29.8 Å². The Morgan fingerprint density at radius 2 is 2.04 bits per heavy atom. The molecule has 0 spiro atoms. The van der Waals surface area contributed by atoms with Crippen molar-refractivity contribution in [3.8, 4) is 5.69 Å². The third-order valence-electron chi connectivity index (χ3n) is 4.21. The van der Waals surface area contributed by atoms with Gasteiger partial charge in [0.1, 0.15) is 0 Å². The molecule has 1 aromatic carbocycles. The molecule has 25 heavy (non-hydrogen) atoms. The Morgan fingerprint density at radius 1 is 1.32 bits per heavy atom. The largest absolute Gasteiger partial charge is 0.378 e. The van der Waals surface area contributed by atoms with Crippen molar-refractivity contribution in [3.63, 3.8) is 0 Å². The Kier molecular flexibility index (Phi) is 5.60. The number of anilines is 1. The minimum Gasteiger partial charge on any atom is -0.378 e. The number of hydrogen-bond donors (Lipinski definition) is 1. The molecule has 1 aromatic heterocycles. The van der Waals surface area contributed by atoms with Crippen molar-refractivity contribution in [2.75, 3.05) is 31.2 Å². The lowest BCUT2D eigenvalue weighted by Gasteiger charge is -2.28. The van der Waals surface area contributed by atoms with Gasteiger partial charge in [0.25, 0.3) is 0 Å². The van der Waals surface area contributed by atoms with Gasteiger partial charge in [0.2, 0.25) is 11.9 Å². The van der Waals surface area contributed by atoms with Crippen LogP contribution in [0.15, 0.2) is 29.4 Å². The molecule has 1 saturated heterocycles. The summed E-state index contributed by atoms with van der Waals surface area (Å²) in [4.78, 5) is 13.7. The molecule has 2 N–H and O–H groups in total. The van der Waals surface area contributed by atoms with Crippen LogP contribution in [0.5, 0.6) is 0 Å². The van der Waals surface area contributed by atoms with Crippen molar-refractivity contribution in [1.82, 2.24) is 14.8 Å². The van der Waals surface area contributed by atoms with Gasteiger partial charge in [-0.15, -0.1) is 10.2 Å². The average Bonchev–Trinajstić information content (AvgIpc) is 3.05. The number of carbonyl (C=O) groups is 1. The van der Waals surface area contributed by atoms with Crippen molar-refractivity contribution < 1.29 is 9.53 Å². The smallest absolute Gasteiger partial charge is 0.232 e. The summed E-state index contributed by atoms with van der Waals surface area (Å²) < 4.78 is 7.48. The van der Waals surface area contributed by atoms with Crippen LogP contribution < -0.4 is 10.6 Å². The predicted octanol–water partition coefficient (Wildman–Crippen LogP) is 1.63. The van der Waals surface area contributed by atoms with E-state index in [-0.39, 0.29) is 11.2 Å². The zero-order valence-corrected chi connectivity index (χ0v) is 15.3. The third kappa shape index (κ3) is 3.80. The highest BCUT2D eigenvalue weighted by Gasteiger charge is 2.24. The highest BCUT2D eigenvalue weighted by Crippen LogP contribution is 2.31. The number of nitrogens with zero attached hydrogens (tertiary/aromatic N) is 4. The maximum absolute atomic E-state index is 11.5. The lowest BCUT2D eigenvalue weighted by molar-refractivity contribution is -0.117. The van der Waals surface area contributed by atoms with E-state index in [4.69, 9.17) is 10.5 Å². The molecule has 1 amide bonds. The highest BCUT2D eigenvalue weighted by atomic mass is 32.2. The number of thioether (sulfide) groups is 1. The number of aromatic nitrogens is 3. The van der Waals surface area contributed by atoms with Gasteiger partial charge in [-0.1, -0.05) is 36.9 Å². The highest BCUT2D eigenvalue weighted by molar-refractivity contribution is 8.00. The van der Waals surface area contributed by atoms with Crippen molar-refractivity contribution in [1.29, 1.82) is 0 Å². The van der Waals surface area contributed by atoms with E-state index in [1.54, 1.807) is 6.92 Å². The molecule has 7 nitrogen and oxygen atoms in total. The maximum Gasteiger partial charge on any atom is 0.232 e. The van der Waals surface area contributed by atoms with E-state index >= 15 is 0 Å². The number of primary amides is 1. The summed E-state index contributed by atoms with van der Waals surface area (Å²) in [6.45, 7) is 6.78. The number of hydrogen-bond acceptors (Lipinski definition) is 6. The zero-order chi connectivity index (χ0) is 17.8. The van der Waals surface area contributed by atoms with Gasteiger partial charge in [-0.3, -0.25) is 9.36 Å². The minimum atomic E-state index is -0.380. The van der Waals surface area contributed by atoms with Gasteiger partial charge in [-0.2, -0.15) is 0 Å². The Labute approximate surface area is 151 Å². The number of ether oxygens (including phenoxy) is 1. The number of amides is 1. The van der Waals surface area contributed by atoms with Gasteiger partial charge >= 0.3 is 0 Å². The lowest BCUT2D eigenvalue weighted by Crippen LogP contribution is -2.38. The molecule has 0 aliphatic carbocycles. The number of rotatable bonds is 6. The van der Waals surface area contributed by atoms with Crippen LogP contribution in [-0.4, -0.2) is 52.2 Å². The summed E-state index contributed by atoms with van der Waals surface area (Å²) in [6, 6.07) is 8.19. The standard InChI is InChI=1S/C17H23N5O2S/c1-3-13-6-4-5-7-14(13)22-16(21-8-10-24-11-9-21)19-20-17(22)25-12(2)15(18)23/h4-7,12H,3,8-11H2,1-2H3,(H2,18,23). The van der Waals surface area contributed by atoms with E-state index < -0.39 is 0 Å². The van der Waals surface area contributed by atoms with Gasteiger partial charge in [0, 0.05) is 13.1 Å². The van der Waals surface area contributed by atoms with Gasteiger partial charge in [0.15, 0.2) is 5.16 Å². The number of aryl methyl sites for hydroxylation is 1. The quantitative estimate of drug-likeness (QED) is 0.787. The molecule has 1 unspecified atom stereocenters. The van der Waals surface area contributed by atoms with Crippen LogP contribution in [0.4, 0.5) is 5.95 Å². The van der Waals surface area contributed by atoms with E-state index in [1.807, 2.05) is 16.7 Å². The van der Waals surface area contributed by atoms with E-state index in [9.17, 15) is 4.79 Å². The minimum absolute atomic E-state index is 0.365. The second-order valence-electron chi connectivity index (χ2n) is 5.86. The van der Waals surface area contributed by atoms with Crippen molar-refractivity contribution in [2.45, 2.75) is 30.7 Å². The Morgan fingerprint density at radius 3 is 2.72 bits per heavy atom. The molecule has 0 bridgehead atoms. The summed E-state index contributed by atoms with van der Waals surface area (Å²) in [5.74, 6) is 0.416. The van der Waals surface area contributed by atoms with Crippen LogP contribution in [0.3, 0.4) is 0 Å². The molecule has 134 valence electrons. The molecule has 8 heteroatoms. The predicted molar refractivity (Wildman–Crippen MR) is 98.3 cm³/mol. The second kappa shape index (κ2) is 7.88. The summed E-state index contributed by atoms with van der Waals surface area (Å²) in [6.07, 6.45) is 0.895. The molecule has 1 atom stereocenters. The molecule has 1 fully saturated rings. The van der Waals surface area contributed by atoms with Gasteiger partial charge in [0.05, 0.1) is 24.2 Å². The first-order valence-electron chi connectivity index (χ1n) is 8.44. The topological polar surface area (TPSA) is 86.3 Å². The summed E-state index contributed by atoms with van der Waals surface area (Å²) in [5, 5.41) is 9.06. The Bertz CT molecular complexity index is 742.